The van der Waals surface area contributed by atoms with Crippen molar-refractivity contribution in [1.82, 2.24) is 9.80 Å². The van der Waals surface area contributed by atoms with Gasteiger partial charge in [0.15, 0.2) is 0 Å². The fourth-order valence-electron chi connectivity index (χ4n) is 4.64. The summed E-state index contributed by atoms with van der Waals surface area (Å²) in [6.45, 7) is 9.05. The first kappa shape index (κ1) is 24.0. The van der Waals surface area contributed by atoms with Crippen LogP contribution in [0.5, 0.6) is 0 Å². The van der Waals surface area contributed by atoms with Crippen LogP contribution in [0.4, 0.5) is 13.2 Å². The van der Waals surface area contributed by atoms with Crippen LogP contribution in [0.3, 0.4) is 0 Å². The zero-order valence-corrected chi connectivity index (χ0v) is 18.4. The van der Waals surface area contributed by atoms with Crippen molar-refractivity contribution >= 4 is 23.2 Å². The highest BCUT2D eigenvalue weighted by Crippen LogP contribution is 2.37. The Balaban J connectivity index is 0.000000339. The van der Waals surface area contributed by atoms with Gasteiger partial charge in [0.2, 0.25) is 5.91 Å². The number of alkyl halides is 3. The van der Waals surface area contributed by atoms with E-state index in [9.17, 15) is 18.0 Å². The maximum atomic E-state index is 12.5. The van der Waals surface area contributed by atoms with E-state index >= 15 is 0 Å². The highest BCUT2D eigenvalue weighted by molar-refractivity contribution is 7.11. The molecule has 0 spiro atoms. The molecule has 4 heterocycles. The summed E-state index contributed by atoms with van der Waals surface area (Å²) in [5.41, 5.74) is 0. The van der Waals surface area contributed by atoms with Gasteiger partial charge in [-0.05, 0) is 49.7 Å². The summed E-state index contributed by atoms with van der Waals surface area (Å²) in [6, 6.07) is 4.47. The van der Waals surface area contributed by atoms with E-state index in [1.807, 2.05) is 11.3 Å². The van der Waals surface area contributed by atoms with Gasteiger partial charge < -0.3 is 14.7 Å². The number of carbonyl (C=O) groups excluding carboxylic acids is 1. The van der Waals surface area contributed by atoms with Gasteiger partial charge in [0.25, 0.3) is 0 Å². The molecule has 3 atom stereocenters. The maximum Gasteiger partial charge on any atom is 0.490 e. The fraction of sp³-hybridized carbons (Fsp3) is 0.714. The number of aliphatic carboxylic acids is 1. The molecule has 0 radical (unpaired) electrons. The van der Waals surface area contributed by atoms with Gasteiger partial charge in [-0.1, -0.05) is 0 Å². The molecule has 0 unspecified atom stereocenters. The van der Waals surface area contributed by atoms with Crippen molar-refractivity contribution < 1.29 is 32.6 Å². The van der Waals surface area contributed by atoms with Crippen LogP contribution in [0.25, 0.3) is 0 Å². The van der Waals surface area contributed by atoms with E-state index in [2.05, 4.69) is 28.9 Å². The number of aryl methyl sites for hydroxylation is 1. The zero-order chi connectivity index (χ0) is 22.6. The van der Waals surface area contributed by atoms with E-state index in [4.69, 9.17) is 14.6 Å². The molecule has 3 fully saturated rings. The third kappa shape index (κ3) is 6.66. The zero-order valence-electron chi connectivity index (χ0n) is 17.6. The van der Waals surface area contributed by atoms with E-state index in [0.29, 0.717) is 30.1 Å². The van der Waals surface area contributed by atoms with Gasteiger partial charge >= 0.3 is 12.1 Å². The molecule has 0 aromatic carbocycles. The molecule has 0 aliphatic carbocycles. The first-order valence-corrected chi connectivity index (χ1v) is 11.4. The molecule has 0 bridgehead atoms. The number of hydrogen-bond donors (Lipinski definition) is 1. The first-order valence-electron chi connectivity index (χ1n) is 10.6. The molecule has 4 rings (SSSR count). The van der Waals surface area contributed by atoms with Crippen LogP contribution in [0.1, 0.15) is 29.0 Å². The summed E-state index contributed by atoms with van der Waals surface area (Å²) in [5.74, 6) is -0.754. The van der Waals surface area contributed by atoms with E-state index in [1.54, 1.807) is 0 Å². The number of likely N-dealkylation sites (tertiary alicyclic amines) is 2. The molecule has 1 amide bonds. The molecule has 31 heavy (non-hydrogen) atoms. The van der Waals surface area contributed by atoms with Crippen LogP contribution in [-0.4, -0.2) is 72.4 Å². The number of carboxylic acid groups (broad SMARTS) is 1. The Kier molecular flexibility index (Phi) is 7.98. The molecule has 10 heteroatoms. The molecular weight excluding hydrogens is 433 g/mol. The van der Waals surface area contributed by atoms with Gasteiger partial charge in [0.05, 0.1) is 13.2 Å². The molecule has 1 aromatic rings. The lowest BCUT2D eigenvalue weighted by molar-refractivity contribution is -0.192. The second-order valence-electron chi connectivity index (χ2n) is 8.52. The van der Waals surface area contributed by atoms with Gasteiger partial charge in [0, 0.05) is 48.9 Å². The van der Waals surface area contributed by atoms with E-state index in [-0.39, 0.29) is 0 Å². The number of halogens is 3. The largest absolute Gasteiger partial charge is 0.490 e. The Labute approximate surface area is 184 Å². The minimum absolute atomic E-state index is 0.356. The SMILES string of the molecule is Cc1ccc(CN2C[C@@H]3COC[C@@H](CC(=O)N4CCCC4)[C@@H]3C2)s1.O=C(O)C(F)(F)F. The highest BCUT2D eigenvalue weighted by atomic mass is 32.1. The second-order valence-corrected chi connectivity index (χ2v) is 9.90. The summed E-state index contributed by atoms with van der Waals surface area (Å²) in [5, 5.41) is 7.12. The Bertz CT molecular complexity index is 764. The number of carboxylic acids is 1. The fourth-order valence-corrected chi connectivity index (χ4v) is 5.58. The summed E-state index contributed by atoms with van der Waals surface area (Å²) in [4.78, 5) is 28.9. The molecule has 1 aromatic heterocycles. The number of rotatable bonds is 4. The standard InChI is InChI=1S/C19H28N2O2S.C2HF3O2/c1-14-4-5-17(24-14)10-20-9-16-13-23-12-15(18(16)11-20)8-19(22)21-6-2-3-7-21;3-2(4,5)1(6)7/h4-5,15-16,18H,2-3,6-13H2,1H3;(H,6,7)/t15-,16-,18+;/m1./s1. The molecule has 3 saturated heterocycles. The predicted molar refractivity (Wildman–Crippen MR) is 110 cm³/mol. The monoisotopic (exact) mass is 462 g/mol. The van der Waals surface area contributed by atoms with Crippen LogP contribution in [0.15, 0.2) is 12.1 Å². The Hall–Kier alpha value is -1.65. The lowest BCUT2D eigenvalue weighted by atomic mass is 9.81. The lowest BCUT2D eigenvalue weighted by Crippen LogP contribution is -2.39. The molecule has 174 valence electrons. The van der Waals surface area contributed by atoms with Crippen LogP contribution in [0.2, 0.25) is 0 Å². The number of carbonyl (C=O) groups is 2. The van der Waals surface area contributed by atoms with Crippen LogP contribution in [-0.2, 0) is 20.9 Å². The molecular formula is C21H29F3N2O4S. The third-order valence-corrected chi connectivity index (χ3v) is 7.14. The summed E-state index contributed by atoms with van der Waals surface area (Å²) in [6.07, 6.45) is -2.05. The molecule has 6 nitrogen and oxygen atoms in total. The Morgan fingerprint density at radius 3 is 2.45 bits per heavy atom. The Morgan fingerprint density at radius 1 is 1.19 bits per heavy atom. The smallest absolute Gasteiger partial charge is 0.475 e. The van der Waals surface area contributed by atoms with Crippen molar-refractivity contribution in [3.05, 3.63) is 21.9 Å². The summed E-state index contributed by atoms with van der Waals surface area (Å²) in [7, 11) is 0. The van der Waals surface area contributed by atoms with Gasteiger partial charge in [0.1, 0.15) is 0 Å². The van der Waals surface area contributed by atoms with Crippen molar-refractivity contribution in [2.24, 2.45) is 17.8 Å². The average molecular weight is 463 g/mol. The third-order valence-electron chi connectivity index (χ3n) is 6.15. The highest BCUT2D eigenvalue weighted by Gasteiger charge is 2.42. The average Bonchev–Trinajstić information content (AvgIpc) is 3.43. The summed E-state index contributed by atoms with van der Waals surface area (Å²) >= 11 is 1.90. The lowest BCUT2D eigenvalue weighted by Gasteiger charge is -2.33. The number of hydrogen-bond acceptors (Lipinski definition) is 5. The van der Waals surface area contributed by atoms with E-state index < -0.39 is 12.1 Å². The number of fused-ring (bicyclic) bond motifs is 1. The molecule has 0 saturated carbocycles. The van der Waals surface area contributed by atoms with Gasteiger partial charge in [-0.2, -0.15) is 13.2 Å². The van der Waals surface area contributed by atoms with Crippen molar-refractivity contribution in [2.75, 3.05) is 39.4 Å². The van der Waals surface area contributed by atoms with E-state index in [0.717, 1.165) is 45.9 Å². The van der Waals surface area contributed by atoms with Crippen molar-refractivity contribution in [3.63, 3.8) is 0 Å². The van der Waals surface area contributed by atoms with Gasteiger partial charge in [-0.25, -0.2) is 4.79 Å². The van der Waals surface area contributed by atoms with Crippen molar-refractivity contribution in [3.8, 4) is 0 Å². The van der Waals surface area contributed by atoms with Gasteiger partial charge in [-0.3, -0.25) is 9.69 Å². The number of amides is 1. The first-order chi connectivity index (χ1) is 14.6. The van der Waals surface area contributed by atoms with Gasteiger partial charge in [-0.15, -0.1) is 11.3 Å². The molecule has 1 N–H and O–H groups in total. The molecule has 3 aliphatic heterocycles. The minimum Gasteiger partial charge on any atom is -0.475 e. The van der Waals surface area contributed by atoms with Crippen molar-refractivity contribution in [1.29, 1.82) is 0 Å². The number of ether oxygens (including phenoxy) is 1. The normalized spacial score (nSPS) is 26.3. The predicted octanol–water partition coefficient (Wildman–Crippen LogP) is 3.40. The van der Waals surface area contributed by atoms with Crippen LogP contribution in [0, 0.1) is 24.7 Å². The summed E-state index contributed by atoms with van der Waals surface area (Å²) < 4.78 is 37.6. The van der Waals surface area contributed by atoms with E-state index in [1.165, 1.54) is 22.6 Å². The maximum absolute atomic E-state index is 12.5. The second kappa shape index (κ2) is 10.3. The van der Waals surface area contributed by atoms with Crippen LogP contribution < -0.4 is 0 Å². The minimum atomic E-state index is -5.08. The Morgan fingerprint density at radius 2 is 1.87 bits per heavy atom. The van der Waals surface area contributed by atoms with Crippen molar-refractivity contribution in [2.45, 2.75) is 38.9 Å². The molecule has 3 aliphatic rings. The topological polar surface area (TPSA) is 70.1 Å². The van der Waals surface area contributed by atoms with Crippen LogP contribution >= 0.6 is 11.3 Å². The number of nitrogens with zero attached hydrogens (tertiary/aromatic N) is 2. The quantitative estimate of drug-likeness (QED) is 0.743. The number of thiophene rings is 1.